The summed E-state index contributed by atoms with van der Waals surface area (Å²) in [6.45, 7) is 1.03. The molecule has 1 saturated carbocycles. The Labute approximate surface area is 67.6 Å². The van der Waals surface area contributed by atoms with Crippen molar-refractivity contribution < 1.29 is 15.9 Å². The van der Waals surface area contributed by atoms with Crippen LogP contribution in [0.25, 0.3) is 0 Å². The van der Waals surface area contributed by atoms with E-state index >= 15 is 0 Å². The SMILES string of the molecule is [2H]C([2H])(C)C1(C(F)(F)F)CCCC1. The number of hydrogen-bond acceptors (Lipinski definition) is 0. The minimum atomic E-state index is -4.41. The van der Waals surface area contributed by atoms with Crippen LogP contribution in [0.15, 0.2) is 0 Å². The molecule has 1 rings (SSSR count). The zero-order chi connectivity index (χ0) is 10.3. The predicted octanol–water partition coefficient (Wildman–Crippen LogP) is 3.52. The molecule has 0 radical (unpaired) electrons. The third-order valence-corrected chi connectivity index (χ3v) is 2.48. The average Bonchev–Trinajstić information content (AvgIpc) is 2.28. The van der Waals surface area contributed by atoms with Gasteiger partial charge in [0.25, 0.3) is 0 Å². The standard InChI is InChI=1S/C8H13F3/c1-2-7(8(9,10)11)5-3-4-6-7/h2-6H2,1H3/i2D2. The molecule has 0 N–H and O–H groups in total. The smallest absolute Gasteiger partial charge is 0.171 e. The Morgan fingerprint density at radius 1 is 1.36 bits per heavy atom. The maximum Gasteiger partial charge on any atom is 0.394 e. The lowest BCUT2D eigenvalue weighted by molar-refractivity contribution is -0.223. The summed E-state index contributed by atoms with van der Waals surface area (Å²) < 4.78 is 52.6. The van der Waals surface area contributed by atoms with Gasteiger partial charge in [0.1, 0.15) is 0 Å². The first-order valence-electron chi connectivity index (χ1n) is 4.77. The first-order valence-corrected chi connectivity index (χ1v) is 3.77. The van der Waals surface area contributed by atoms with Crippen LogP contribution in [-0.2, 0) is 0 Å². The van der Waals surface area contributed by atoms with Gasteiger partial charge < -0.3 is 0 Å². The van der Waals surface area contributed by atoms with Crippen LogP contribution in [0.5, 0.6) is 0 Å². The first kappa shape index (κ1) is 6.32. The normalized spacial score (nSPS) is 28.0. The van der Waals surface area contributed by atoms with Crippen LogP contribution < -0.4 is 0 Å². The minimum absolute atomic E-state index is 0.0694. The van der Waals surface area contributed by atoms with Gasteiger partial charge in [-0.2, -0.15) is 13.2 Å². The Bertz CT molecular complexity index is 171. The van der Waals surface area contributed by atoms with Gasteiger partial charge in [-0.3, -0.25) is 0 Å². The average molecular weight is 168 g/mol. The molecule has 0 atom stereocenters. The summed E-state index contributed by atoms with van der Waals surface area (Å²) in [5.74, 6) is 0. The molecule has 11 heavy (non-hydrogen) atoms. The van der Waals surface area contributed by atoms with E-state index in [4.69, 9.17) is 2.74 Å². The Morgan fingerprint density at radius 2 is 1.82 bits per heavy atom. The second kappa shape index (κ2) is 2.68. The van der Waals surface area contributed by atoms with Crippen LogP contribution >= 0.6 is 0 Å². The molecule has 66 valence electrons. The van der Waals surface area contributed by atoms with E-state index in [1.807, 2.05) is 0 Å². The molecule has 1 aliphatic carbocycles. The second-order valence-electron chi connectivity index (χ2n) is 3.04. The van der Waals surface area contributed by atoms with Crippen LogP contribution in [0.1, 0.15) is 41.7 Å². The first-order chi connectivity index (χ1) is 5.71. The number of rotatable bonds is 1. The van der Waals surface area contributed by atoms with Crippen molar-refractivity contribution in [1.82, 2.24) is 0 Å². The van der Waals surface area contributed by atoms with Crippen molar-refractivity contribution in [3.63, 3.8) is 0 Å². The van der Waals surface area contributed by atoms with E-state index in [2.05, 4.69) is 0 Å². The summed E-state index contributed by atoms with van der Waals surface area (Å²) in [7, 11) is 0. The molecular formula is C8H13F3. The Balaban J connectivity index is 3.02. The molecule has 0 amide bonds. The van der Waals surface area contributed by atoms with Gasteiger partial charge in [-0.05, 0) is 19.2 Å². The molecule has 0 aromatic heterocycles. The zero-order valence-corrected chi connectivity index (χ0v) is 6.46. The van der Waals surface area contributed by atoms with Crippen molar-refractivity contribution in [2.45, 2.75) is 45.2 Å². The van der Waals surface area contributed by atoms with Crippen LogP contribution in [0.2, 0.25) is 0 Å². The van der Waals surface area contributed by atoms with Crippen LogP contribution in [0.4, 0.5) is 13.2 Å². The lowest BCUT2D eigenvalue weighted by Crippen LogP contribution is -2.34. The van der Waals surface area contributed by atoms with Crippen LogP contribution in [0.3, 0.4) is 0 Å². The van der Waals surface area contributed by atoms with Gasteiger partial charge in [0.05, 0.1) is 5.41 Å². The summed E-state index contributed by atoms with van der Waals surface area (Å²) in [6, 6.07) is 0. The van der Waals surface area contributed by atoms with E-state index in [1.165, 1.54) is 0 Å². The van der Waals surface area contributed by atoms with Gasteiger partial charge in [-0.15, -0.1) is 0 Å². The quantitative estimate of drug-likeness (QED) is 0.562. The van der Waals surface area contributed by atoms with Crippen LogP contribution in [0, 0.1) is 5.41 Å². The topological polar surface area (TPSA) is 0 Å². The molecule has 0 aliphatic heterocycles. The van der Waals surface area contributed by atoms with E-state index in [-0.39, 0.29) is 12.8 Å². The van der Waals surface area contributed by atoms with E-state index in [9.17, 15) is 13.2 Å². The Morgan fingerprint density at radius 3 is 2.00 bits per heavy atom. The van der Waals surface area contributed by atoms with Gasteiger partial charge in [-0.25, -0.2) is 0 Å². The van der Waals surface area contributed by atoms with Crippen molar-refractivity contribution in [1.29, 1.82) is 0 Å². The molecule has 0 nitrogen and oxygen atoms in total. The van der Waals surface area contributed by atoms with Gasteiger partial charge >= 0.3 is 6.18 Å². The highest BCUT2D eigenvalue weighted by Crippen LogP contribution is 2.52. The molecule has 0 unspecified atom stereocenters. The number of halogens is 3. The lowest BCUT2D eigenvalue weighted by Gasteiger charge is -2.29. The van der Waals surface area contributed by atoms with E-state index in [1.54, 1.807) is 0 Å². The molecule has 0 spiro atoms. The highest BCUT2D eigenvalue weighted by molar-refractivity contribution is 4.89. The highest BCUT2D eigenvalue weighted by Gasteiger charge is 2.54. The Hall–Kier alpha value is -0.210. The summed E-state index contributed by atoms with van der Waals surface area (Å²) in [4.78, 5) is 0. The summed E-state index contributed by atoms with van der Waals surface area (Å²) in [6.07, 6.45) is -5.76. The van der Waals surface area contributed by atoms with Gasteiger partial charge in [0.15, 0.2) is 0 Å². The second-order valence-corrected chi connectivity index (χ2v) is 3.04. The largest absolute Gasteiger partial charge is 0.394 e. The third kappa shape index (κ3) is 1.37. The minimum Gasteiger partial charge on any atom is -0.171 e. The van der Waals surface area contributed by atoms with Crippen molar-refractivity contribution in [3.05, 3.63) is 0 Å². The van der Waals surface area contributed by atoms with Crippen molar-refractivity contribution in [3.8, 4) is 0 Å². The monoisotopic (exact) mass is 168 g/mol. The fourth-order valence-corrected chi connectivity index (χ4v) is 1.65. The maximum absolute atomic E-state index is 12.7. The maximum atomic E-state index is 12.7. The molecular weight excluding hydrogens is 153 g/mol. The molecule has 1 fully saturated rings. The van der Waals surface area contributed by atoms with Gasteiger partial charge in [0.2, 0.25) is 0 Å². The summed E-state index contributed by atoms with van der Waals surface area (Å²) >= 11 is 0. The van der Waals surface area contributed by atoms with Gasteiger partial charge in [0, 0.05) is 2.74 Å². The van der Waals surface area contributed by atoms with E-state index in [0.29, 0.717) is 12.8 Å². The fourth-order valence-electron chi connectivity index (χ4n) is 1.65. The van der Waals surface area contributed by atoms with Crippen molar-refractivity contribution in [2.75, 3.05) is 0 Å². The van der Waals surface area contributed by atoms with E-state index < -0.39 is 18.0 Å². The molecule has 0 bridgehead atoms. The fraction of sp³-hybridized carbons (Fsp3) is 1.00. The molecule has 0 aromatic carbocycles. The number of alkyl halides is 3. The molecule has 1 aliphatic rings. The molecule has 0 aromatic rings. The molecule has 0 saturated heterocycles. The van der Waals surface area contributed by atoms with Crippen molar-refractivity contribution >= 4 is 0 Å². The lowest BCUT2D eigenvalue weighted by atomic mass is 9.83. The zero-order valence-electron chi connectivity index (χ0n) is 8.46. The highest BCUT2D eigenvalue weighted by atomic mass is 19.4. The van der Waals surface area contributed by atoms with Crippen molar-refractivity contribution in [2.24, 2.45) is 5.41 Å². The van der Waals surface area contributed by atoms with Gasteiger partial charge in [-0.1, -0.05) is 19.8 Å². The molecule has 0 heterocycles. The third-order valence-electron chi connectivity index (χ3n) is 2.48. The number of hydrogen-bond donors (Lipinski definition) is 0. The summed E-state index contributed by atoms with van der Waals surface area (Å²) in [5.41, 5.74) is -2.10. The van der Waals surface area contributed by atoms with Crippen LogP contribution in [-0.4, -0.2) is 6.18 Å². The van der Waals surface area contributed by atoms with E-state index in [0.717, 1.165) is 6.92 Å². The summed E-state index contributed by atoms with van der Waals surface area (Å²) in [5, 5.41) is 0. The molecule has 3 heteroatoms. The Kier molecular flexibility index (Phi) is 1.54. The predicted molar refractivity (Wildman–Crippen MR) is 37.2 cm³/mol.